The van der Waals surface area contributed by atoms with Crippen molar-refractivity contribution in [3.8, 4) is 18.1 Å². The predicted molar refractivity (Wildman–Crippen MR) is 185 cm³/mol. The van der Waals surface area contributed by atoms with E-state index in [0.29, 0.717) is 67.3 Å². The zero-order valence-corrected chi connectivity index (χ0v) is 28.3. The normalized spacial score (nSPS) is 18.3. The molecule has 0 aliphatic carbocycles. The second-order valence-corrected chi connectivity index (χ2v) is 13.4. The molecule has 1 saturated heterocycles. The van der Waals surface area contributed by atoms with Crippen molar-refractivity contribution in [2.24, 2.45) is 4.99 Å². The number of urea groups is 1. The number of amides is 3. The third kappa shape index (κ3) is 7.19. The van der Waals surface area contributed by atoms with Gasteiger partial charge in [-0.1, -0.05) is 74.3 Å². The molecule has 3 amide bonds. The first-order chi connectivity index (χ1) is 22.0. The Morgan fingerprint density at radius 1 is 0.913 bits per heavy atom. The molecule has 1 fully saturated rings. The second kappa shape index (κ2) is 14.2. The van der Waals surface area contributed by atoms with Gasteiger partial charge in [-0.25, -0.2) is 4.79 Å². The SMILES string of the molecule is C#CCCC(=O)N1CCN(C(=O)N2C(c3ccc(C(C)(C)C)cc3OCC)=NC(c3ccc(Cl)cc3)C2c2ccc(Cl)cc2)CC1. The molecule has 2 atom stereocenters. The first kappa shape index (κ1) is 33.4. The maximum absolute atomic E-state index is 14.8. The van der Waals surface area contributed by atoms with E-state index in [2.05, 4.69) is 38.8 Å². The Bertz CT molecular complexity index is 1630. The van der Waals surface area contributed by atoms with Crippen molar-refractivity contribution in [2.45, 2.75) is 58.0 Å². The van der Waals surface area contributed by atoms with E-state index < -0.39 is 12.1 Å². The summed E-state index contributed by atoms with van der Waals surface area (Å²) in [6, 6.07) is 20.2. The van der Waals surface area contributed by atoms with Gasteiger partial charge in [-0.2, -0.15) is 0 Å². The zero-order chi connectivity index (χ0) is 33.0. The van der Waals surface area contributed by atoms with Crippen molar-refractivity contribution in [2.75, 3.05) is 32.8 Å². The molecule has 9 heteroatoms. The number of hydrogen-bond acceptors (Lipinski definition) is 4. The summed E-state index contributed by atoms with van der Waals surface area (Å²) >= 11 is 12.6. The van der Waals surface area contributed by atoms with Gasteiger partial charge >= 0.3 is 6.03 Å². The fourth-order valence-corrected chi connectivity index (χ4v) is 6.19. The Morgan fingerprint density at radius 2 is 1.50 bits per heavy atom. The molecule has 46 heavy (non-hydrogen) atoms. The van der Waals surface area contributed by atoms with Gasteiger partial charge in [0.15, 0.2) is 0 Å². The van der Waals surface area contributed by atoms with Crippen LogP contribution in [-0.2, 0) is 10.2 Å². The van der Waals surface area contributed by atoms with E-state index in [-0.39, 0.29) is 17.4 Å². The Hall–Kier alpha value is -3.99. The summed E-state index contributed by atoms with van der Waals surface area (Å²) in [6.45, 7) is 10.5. The lowest BCUT2D eigenvalue weighted by atomic mass is 9.86. The van der Waals surface area contributed by atoms with Gasteiger partial charge in [-0.3, -0.25) is 14.7 Å². The molecule has 3 aromatic carbocycles. The summed E-state index contributed by atoms with van der Waals surface area (Å²) in [5.41, 5.74) is 3.56. The molecule has 240 valence electrons. The highest BCUT2D eigenvalue weighted by Crippen LogP contribution is 2.46. The maximum Gasteiger partial charge on any atom is 0.326 e. The molecule has 0 aromatic heterocycles. The van der Waals surface area contributed by atoms with Gasteiger partial charge in [0.05, 0.1) is 18.2 Å². The Balaban J connectivity index is 1.61. The Morgan fingerprint density at radius 3 is 2.07 bits per heavy atom. The van der Waals surface area contributed by atoms with E-state index in [0.717, 1.165) is 22.3 Å². The molecule has 0 bridgehead atoms. The lowest BCUT2D eigenvalue weighted by Crippen LogP contribution is -2.55. The number of carbonyl (C=O) groups excluding carboxylic acids is 2. The average molecular weight is 660 g/mol. The summed E-state index contributed by atoms with van der Waals surface area (Å²) in [4.78, 5) is 38.1. The molecule has 3 aromatic rings. The van der Waals surface area contributed by atoms with Crippen LogP contribution in [0, 0.1) is 12.3 Å². The number of rotatable bonds is 7. The van der Waals surface area contributed by atoms with Gasteiger partial charge in [0, 0.05) is 49.1 Å². The fraction of sp³-hybridized carbons (Fsp3) is 0.378. The monoisotopic (exact) mass is 658 g/mol. The van der Waals surface area contributed by atoms with Crippen LogP contribution in [0.15, 0.2) is 71.7 Å². The third-order valence-electron chi connectivity index (χ3n) is 8.47. The molecule has 5 rings (SSSR count). The average Bonchev–Trinajstić information content (AvgIpc) is 3.44. The van der Waals surface area contributed by atoms with E-state index in [1.54, 1.807) is 14.7 Å². The standard InChI is InChI=1S/C37H40Cl2N4O3/c1-6-8-9-32(44)41-20-22-42(23-21-41)36(45)43-34(26-12-17-29(39)18-13-26)33(25-10-15-28(38)16-11-25)40-35(43)30-19-14-27(37(3,4)5)24-31(30)46-7-2/h1,10-19,24,33-34H,7-9,20-23H2,2-5H3. The van der Waals surface area contributed by atoms with Crippen molar-refractivity contribution in [3.05, 3.63) is 99.0 Å². The van der Waals surface area contributed by atoms with Gasteiger partial charge in [-0.05, 0) is 65.4 Å². The largest absolute Gasteiger partial charge is 0.493 e. The second-order valence-electron chi connectivity index (χ2n) is 12.6. The van der Waals surface area contributed by atoms with E-state index >= 15 is 0 Å². The van der Waals surface area contributed by atoms with Gasteiger partial charge in [0.2, 0.25) is 5.91 Å². The minimum Gasteiger partial charge on any atom is -0.493 e. The van der Waals surface area contributed by atoms with Gasteiger partial charge in [0.1, 0.15) is 17.6 Å². The van der Waals surface area contributed by atoms with Crippen molar-refractivity contribution in [1.29, 1.82) is 0 Å². The number of piperazine rings is 1. The van der Waals surface area contributed by atoms with E-state index in [1.807, 2.05) is 61.5 Å². The number of nitrogens with zero attached hydrogens (tertiary/aromatic N) is 4. The molecule has 0 N–H and O–H groups in total. The van der Waals surface area contributed by atoms with Crippen molar-refractivity contribution in [1.82, 2.24) is 14.7 Å². The molecule has 2 aliphatic heterocycles. The van der Waals surface area contributed by atoms with Crippen molar-refractivity contribution < 1.29 is 14.3 Å². The molecular formula is C37H40Cl2N4O3. The van der Waals surface area contributed by atoms with Crippen LogP contribution in [0.4, 0.5) is 4.79 Å². The number of amidine groups is 1. The first-order valence-corrected chi connectivity index (χ1v) is 16.4. The Labute approximate surface area is 282 Å². The molecule has 7 nitrogen and oxygen atoms in total. The van der Waals surface area contributed by atoms with Crippen LogP contribution in [0.2, 0.25) is 10.0 Å². The highest BCUT2D eigenvalue weighted by atomic mass is 35.5. The topological polar surface area (TPSA) is 65.5 Å². The van der Waals surface area contributed by atoms with Crippen molar-refractivity contribution >= 4 is 41.0 Å². The molecule has 2 heterocycles. The van der Waals surface area contributed by atoms with Crippen LogP contribution >= 0.6 is 23.2 Å². The Kier molecular flexibility index (Phi) is 10.3. The smallest absolute Gasteiger partial charge is 0.326 e. The maximum atomic E-state index is 14.8. The van der Waals surface area contributed by atoms with Crippen molar-refractivity contribution in [3.63, 3.8) is 0 Å². The molecule has 2 unspecified atom stereocenters. The first-order valence-electron chi connectivity index (χ1n) is 15.7. The highest BCUT2D eigenvalue weighted by molar-refractivity contribution is 6.30. The quantitative estimate of drug-likeness (QED) is 0.242. The van der Waals surface area contributed by atoms with Gasteiger partial charge in [-0.15, -0.1) is 12.3 Å². The number of benzene rings is 3. The predicted octanol–water partition coefficient (Wildman–Crippen LogP) is 7.91. The summed E-state index contributed by atoms with van der Waals surface area (Å²) in [5.74, 6) is 3.74. The lowest BCUT2D eigenvalue weighted by Gasteiger charge is -2.39. The van der Waals surface area contributed by atoms with Crippen LogP contribution < -0.4 is 4.74 Å². The number of ether oxygens (including phenoxy) is 1. The number of terminal acetylenes is 1. The van der Waals surface area contributed by atoms with E-state index in [1.165, 1.54) is 0 Å². The van der Waals surface area contributed by atoms with Crippen LogP contribution in [0.3, 0.4) is 0 Å². The minimum atomic E-state index is -0.479. The molecule has 2 aliphatic rings. The van der Waals surface area contributed by atoms with Crippen LogP contribution in [-0.4, -0.2) is 65.3 Å². The summed E-state index contributed by atoms with van der Waals surface area (Å²) in [5, 5.41) is 1.22. The zero-order valence-electron chi connectivity index (χ0n) is 26.8. The number of halogens is 2. The number of aliphatic imine (C=N–C) groups is 1. The minimum absolute atomic E-state index is 0.00982. The van der Waals surface area contributed by atoms with Crippen LogP contribution in [0.1, 0.15) is 74.9 Å². The van der Waals surface area contributed by atoms with Gasteiger partial charge in [0.25, 0.3) is 0 Å². The van der Waals surface area contributed by atoms with Crippen LogP contribution in [0.5, 0.6) is 5.75 Å². The molecular weight excluding hydrogens is 619 g/mol. The molecule has 0 saturated carbocycles. The van der Waals surface area contributed by atoms with E-state index in [9.17, 15) is 9.59 Å². The molecule has 0 radical (unpaired) electrons. The third-order valence-corrected chi connectivity index (χ3v) is 8.97. The van der Waals surface area contributed by atoms with Crippen LogP contribution in [0.25, 0.3) is 0 Å². The summed E-state index contributed by atoms with van der Waals surface area (Å²) in [7, 11) is 0. The lowest BCUT2D eigenvalue weighted by molar-refractivity contribution is -0.132. The highest BCUT2D eigenvalue weighted by Gasteiger charge is 2.45. The van der Waals surface area contributed by atoms with Gasteiger partial charge < -0.3 is 14.5 Å². The summed E-state index contributed by atoms with van der Waals surface area (Å²) in [6.07, 6.45) is 6.08. The number of hydrogen-bond donors (Lipinski definition) is 0. The summed E-state index contributed by atoms with van der Waals surface area (Å²) < 4.78 is 6.22. The fourth-order valence-electron chi connectivity index (χ4n) is 5.94. The molecule has 0 spiro atoms. The number of carbonyl (C=O) groups is 2. The van der Waals surface area contributed by atoms with E-state index in [4.69, 9.17) is 39.4 Å².